The number of carbonyl (C=O) groups excluding carboxylic acids is 1. The summed E-state index contributed by atoms with van der Waals surface area (Å²) in [4.78, 5) is 11.7. The molecular weight excluding hydrogens is 224 g/mol. The van der Waals surface area contributed by atoms with Crippen LogP contribution in [0.25, 0.3) is 0 Å². The van der Waals surface area contributed by atoms with Crippen LogP contribution in [-0.2, 0) is 9.53 Å². The molecule has 0 spiro atoms. The predicted molar refractivity (Wildman–Crippen MR) is 73.2 cm³/mol. The van der Waals surface area contributed by atoms with Crippen molar-refractivity contribution in [3.8, 4) is 0 Å². The van der Waals surface area contributed by atoms with Crippen LogP contribution >= 0.6 is 0 Å². The Hall–Kier alpha value is -0.790. The fraction of sp³-hybridized carbons (Fsp3) is 0.812. The van der Waals surface area contributed by atoms with Gasteiger partial charge in [-0.05, 0) is 38.0 Å². The maximum Gasteiger partial charge on any atom is 0.330 e. The number of fused-ring (bicyclic) bond motifs is 1. The zero-order valence-electron chi connectivity index (χ0n) is 11.6. The highest BCUT2D eigenvalue weighted by molar-refractivity contribution is 5.81. The summed E-state index contributed by atoms with van der Waals surface area (Å²) in [6.45, 7) is 5.76. The molecule has 2 aliphatic carbocycles. The van der Waals surface area contributed by atoms with Crippen molar-refractivity contribution in [3.63, 3.8) is 0 Å². The van der Waals surface area contributed by atoms with Gasteiger partial charge in [0.2, 0.25) is 0 Å². The van der Waals surface area contributed by atoms with E-state index < -0.39 is 0 Å². The minimum atomic E-state index is -0.223. The second kappa shape index (κ2) is 5.90. The van der Waals surface area contributed by atoms with Crippen molar-refractivity contribution in [2.45, 2.75) is 70.3 Å². The Labute approximate surface area is 111 Å². The van der Waals surface area contributed by atoms with Gasteiger partial charge in [-0.3, -0.25) is 0 Å². The molecule has 0 aliphatic heterocycles. The van der Waals surface area contributed by atoms with Gasteiger partial charge in [-0.25, -0.2) is 4.79 Å². The second-order valence-corrected chi connectivity index (χ2v) is 5.98. The Kier molecular flexibility index (Phi) is 4.47. The van der Waals surface area contributed by atoms with Crippen LogP contribution in [-0.4, -0.2) is 11.6 Å². The zero-order valence-corrected chi connectivity index (χ0v) is 11.6. The first-order valence-electron chi connectivity index (χ1n) is 7.57. The van der Waals surface area contributed by atoms with Crippen LogP contribution in [0.5, 0.6) is 0 Å². The minimum Gasteiger partial charge on any atom is -0.456 e. The second-order valence-electron chi connectivity index (χ2n) is 5.98. The van der Waals surface area contributed by atoms with E-state index in [2.05, 4.69) is 13.5 Å². The number of unbranched alkanes of at least 4 members (excludes halogenated alkanes) is 2. The van der Waals surface area contributed by atoms with E-state index in [0.717, 1.165) is 18.8 Å². The summed E-state index contributed by atoms with van der Waals surface area (Å²) in [5, 5.41) is 0. The lowest BCUT2D eigenvalue weighted by Crippen LogP contribution is -2.39. The lowest BCUT2D eigenvalue weighted by molar-refractivity contribution is -0.159. The van der Waals surface area contributed by atoms with Crippen LogP contribution in [0.15, 0.2) is 12.7 Å². The van der Waals surface area contributed by atoms with Crippen molar-refractivity contribution in [3.05, 3.63) is 12.7 Å². The molecule has 3 unspecified atom stereocenters. The molecule has 0 N–H and O–H groups in total. The molecule has 0 aromatic heterocycles. The van der Waals surface area contributed by atoms with Gasteiger partial charge in [0.05, 0.1) is 0 Å². The van der Waals surface area contributed by atoms with E-state index in [1.54, 1.807) is 0 Å². The van der Waals surface area contributed by atoms with Gasteiger partial charge in [-0.15, -0.1) is 0 Å². The summed E-state index contributed by atoms with van der Waals surface area (Å²) in [5.74, 6) is 1.21. The average Bonchev–Trinajstić information content (AvgIpc) is 2.94. The molecule has 2 fully saturated rings. The average molecular weight is 250 g/mol. The molecule has 0 radical (unpaired) electrons. The lowest BCUT2D eigenvalue weighted by atomic mass is 9.83. The summed E-state index contributed by atoms with van der Waals surface area (Å²) in [6.07, 6.45) is 12.3. The number of hydrogen-bond acceptors (Lipinski definition) is 2. The van der Waals surface area contributed by atoms with Crippen LogP contribution in [0.4, 0.5) is 0 Å². The van der Waals surface area contributed by atoms with E-state index in [-0.39, 0.29) is 11.6 Å². The Balaban J connectivity index is 2.06. The Bertz CT molecular complexity index is 310. The summed E-state index contributed by atoms with van der Waals surface area (Å²) in [5.41, 5.74) is -0.151. The van der Waals surface area contributed by atoms with E-state index in [4.69, 9.17) is 4.74 Å². The Morgan fingerprint density at radius 2 is 2.22 bits per heavy atom. The molecule has 0 aromatic rings. The molecule has 0 aromatic carbocycles. The van der Waals surface area contributed by atoms with Gasteiger partial charge < -0.3 is 4.74 Å². The fourth-order valence-electron chi connectivity index (χ4n) is 4.09. The van der Waals surface area contributed by atoms with Crippen molar-refractivity contribution in [2.75, 3.05) is 0 Å². The van der Waals surface area contributed by atoms with Gasteiger partial charge in [0.1, 0.15) is 5.60 Å². The highest BCUT2D eigenvalue weighted by atomic mass is 16.6. The standard InChI is InChI=1S/C16H26O2/c1-3-5-6-11-16(18-15(17)4-2)12-10-13-8-7-9-14(13)16/h4,13-14H,2-3,5-12H2,1H3. The summed E-state index contributed by atoms with van der Waals surface area (Å²) in [6, 6.07) is 0. The highest BCUT2D eigenvalue weighted by Crippen LogP contribution is 2.53. The third-order valence-electron chi connectivity index (χ3n) is 4.95. The summed E-state index contributed by atoms with van der Waals surface area (Å²) >= 11 is 0. The van der Waals surface area contributed by atoms with Gasteiger partial charge in [0, 0.05) is 12.0 Å². The smallest absolute Gasteiger partial charge is 0.330 e. The first-order chi connectivity index (χ1) is 8.72. The van der Waals surface area contributed by atoms with Crippen molar-refractivity contribution >= 4 is 5.97 Å². The lowest BCUT2D eigenvalue weighted by Gasteiger charge is -2.35. The van der Waals surface area contributed by atoms with Crippen molar-refractivity contribution in [1.82, 2.24) is 0 Å². The van der Waals surface area contributed by atoms with Crippen LogP contribution in [0, 0.1) is 11.8 Å². The van der Waals surface area contributed by atoms with Crippen LogP contribution in [0.1, 0.15) is 64.7 Å². The molecule has 2 heteroatoms. The van der Waals surface area contributed by atoms with Gasteiger partial charge in [-0.1, -0.05) is 39.2 Å². The molecule has 2 rings (SSSR count). The van der Waals surface area contributed by atoms with E-state index >= 15 is 0 Å². The molecule has 2 aliphatic rings. The molecule has 0 amide bonds. The van der Waals surface area contributed by atoms with E-state index in [9.17, 15) is 4.79 Å². The monoisotopic (exact) mass is 250 g/mol. The predicted octanol–water partition coefficient (Wildman–Crippen LogP) is 4.24. The van der Waals surface area contributed by atoms with Crippen LogP contribution in [0.2, 0.25) is 0 Å². The van der Waals surface area contributed by atoms with Crippen LogP contribution < -0.4 is 0 Å². The third-order valence-corrected chi connectivity index (χ3v) is 4.95. The molecule has 0 bridgehead atoms. The van der Waals surface area contributed by atoms with Crippen molar-refractivity contribution in [2.24, 2.45) is 11.8 Å². The molecule has 2 nitrogen and oxygen atoms in total. The quantitative estimate of drug-likeness (QED) is 0.400. The van der Waals surface area contributed by atoms with Crippen molar-refractivity contribution < 1.29 is 9.53 Å². The molecule has 3 atom stereocenters. The third kappa shape index (κ3) is 2.62. The van der Waals surface area contributed by atoms with E-state index in [0.29, 0.717) is 5.92 Å². The maximum absolute atomic E-state index is 11.7. The number of hydrogen-bond donors (Lipinski definition) is 0. The Morgan fingerprint density at radius 1 is 1.39 bits per heavy atom. The largest absolute Gasteiger partial charge is 0.456 e. The molecule has 18 heavy (non-hydrogen) atoms. The fourth-order valence-corrected chi connectivity index (χ4v) is 4.09. The normalized spacial score (nSPS) is 34.3. The zero-order chi connectivity index (χ0) is 13.0. The number of ether oxygens (including phenoxy) is 1. The van der Waals surface area contributed by atoms with E-state index in [1.807, 2.05) is 0 Å². The first kappa shape index (κ1) is 13.6. The number of carbonyl (C=O) groups is 1. The van der Waals surface area contributed by atoms with Crippen molar-refractivity contribution in [1.29, 1.82) is 0 Å². The van der Waals surface area contributed by atoms with Crippen LogP contribution in [0.3, 0.4) is 0 Å². The van der Waals surface area contributed by atoms with Gasteiger partial charge in [-0.2, -0.15) is 0 Å². The number of rotatable bonds is 6. The molecular formula is C16H26O2. The molecule has 0 heterocycles. The molecule has 102 valence electrons. The summed E-state index contributed by atoms with van der Waals surface area (Å²) < 4.78 is 5.85. The summed E-state index contributed by atoms with van der Waals surface area (Å²) in [7, 11) is 0. The van der Waals surface area contributed by atoms with E-state index in [1.165, 1.54) is 51.0 Å². The first-order valence-corrected chi connectivity index (χ1v) is 7.57. The SMILES string of the molecule is C=CC(=O)OC1(CCCCC)CCC2CCCC21. The minimum absolute atomic E-state index is 0.151. The Morgan fingerprint density at radius 3 is 2.94 bits per heavy atom. The van der Waals surface area contributed by atoms with Gasteiger partial charge in [0.15, 0.2) is 0 Å². The molecule has 2 saturated carbocycles. The number of esters is 1. The van der Waals surface area contributed by atoms with Gasteiger partial charge in [0.25, 0.3) is 0 Å². The maximum atomic E-state index is 11.7. The van der Waals surface area contributed by atoms with Gasteiger partial charge >= 0.3 is 5.97 Å². The topological polar surface area (TPSA) is 26.3 Å². The highest BCUT2D eigenvalue weighted by Gasteiger charge is 2.52. The molecule has 0 saturated heterocycles.